The van der Waals surface area contributed by atoms with Gasteiger partial charge >= 0.3 is 0 Å². The average Bonchev–Trinajstić information content (AvgIpc) is 3.15. The molecule has 0 spiro atoms. The van der Waals surface area contributed by atoms with Gasteiger partial charge in [0.15, 0.2) is 0 Å². The van der Waals surface area contributed by atoms with Crippen molar-refractivity contribution >= 4 is 18.5 Å². The summed E-state index contributed by atoms with van der Waals surface area (Å²) >= 11 is 0. The molecular formula is C33H59ClN2O2. The second-order valence-electron chi connectivity index (χ2n) is 15.4. The van der Waals surface area contributed by atoms with Gasteiger partial charge in [0.05, 0.1) is 34.2 Å². The van der Waals surface area contributed by atoms with E-state index in [2.05, 4.69) is 66.8 Å². The van der Waals surface area contributed by atoms with Crippen molar-refractivity contribution in [1.82, 2.24) is 0 Å². The van der Waals surface area contributed by atoms with Gasteiger partial charge < -0.3 is 14.3 Å². The molecule has 1 unspecified atom stereocenters. The Bertz CT molecular complexity index is 848. The van der Waals surface area contributed by atoms with Gasteiger partial charge in [-0.1, -0.05) is 65.5 Å². The summed E-state index contributed by atoms with van der Waals surface area (Å²) in [7, 11) is 6.37. The molecule has 3 fully saturated rings. The van der Waals surface area contributed by atoms with Gasteiger partial charge in [0.1, 0.15) is 6.08 Å². The van der Waals surface area contributed by atoms with Crippen molar-refractivity contribution in [1.29, 1.82) is 0 Å². The number of aliphatic imine (C=N–C) groups is 1. The fourth-order valence-corrected chi connectivity index (χ4v) is 9.37. The highest BCUT2D eigenvalue weighted by Gasteiger charge is 2.59. The fraction of sp³-hybridized carbons (Fsp3) is 0.909. The fourth-order valence-electron chi connectivity index (χ4n) is 9.37. The lowest BCUT2D eigenvalue weighted by Crippen LogP contribution is -2.51. The van der Waals surface area contributed by atoms with Crippen LogP contribution in [0, 0.1) is 46.3 Å². The Morgan fingerprint density at radius 1 is 1.05 bits per heavy atom. The summed E-state index contributed by atoms with van der Waals surface area (Å²) in [6.45, 7) is 13.9. The molecule has 0 aromatic rings. The summed E-state index contributed by atoms with van der Waals surface area (Å²) in [5.41, 5.74) is 2.43. The van der Waals surface area contributed by atoms with Crippen molar-refractivity contribution < 1.29 is 14.3 Å². The van der Waals surface area contributed by atoms with E-state index in [1.165, 1.54) is 51.4 Å². The molecule has 4 rings (SSSR count). The third kappa shape index (κ3) is 6.76. The van der Waals surface area contributed by atoms with Gasteiger partial charge in [-0.2, -0.15) is 0 Å². The summed E-state index contributed by atoms with van der Waals surface area (Å²) in [4.78, 5) is 4.19. The molecule has 5 heteroatoms. The van der Waals surface area contributed by atoms with E-state index in [0.29, 0.717) is 17.4 Å². The van der Waals surface area contributed by atoms with Gasteiger partial charge in [-0.3, -0.25) is 4.99 Å². The van der Waals surface area contributed by atoms with Crippen molar-refractivity contribution in [3.63, 3.8) is 0 Å². The zero-order valence-electron chi connectivity index (χ0n) is 25.9. The summed E-state index contributed by atoms with van der Waals surface area (Å²) < 4.78 is 6.67. The predicted octanol–water partition coefficient (Wildman–Crippen LogP) is 7.26. The van der Waals surface area contributed by atoms with E-state index in [4.69, 9.17) is 4.74 Å². The molecule has 0 saturated heterocycles. The van der Waals surface area contributed by atoms with E-state index in [1.54, 1.807) is 5.57 Å². The maximum absolute atomic E-state index is 12.4. The minimum absolute atomic E-state index is 0. The lowest BCUT2D eigenvalue weighted by molar-refractivity contribution is -0.868. The first kappa shape index (κ1) is 31.8. The van der Waals surface area contributed by atoms with Gasteiger partial charge in [0.25, 0.3) is 0 Å². The number of hydrogen-bond donors (Lipinski definition) is 0. The number of hydrogen-bond acceptors (Lipinski definition) is 3. The molecule has 0 heterocycles. The van der Waals surface area contributed by atoms with Crippen LogP contribution in [0.5, 0.6) is 0 Å². The third-order valence-electron chi connectivity index (χ3n) is 11.5. The second-order valence-corrected chi connectivity index (χ2v) is 15.4. The number of nitrogens with zero attached hydrogens (tertiary/aromatic N) is 2. The number of quaternary nitrogens is 1. The van der Waals surface area contributed by atoms with Crippen LogP contribution in [0.15, 0.2) is 16.6 Å². The SMILES string of the molecule is CC(C)CCC[C@@H](C)[C@H]1CC[C@H]2[C@@H]3CC=C4CC(OC([O-])=NCC[N+](C)(C)C)CC[C@]4(C)[C@H]3CC[C@]12C.Cl. The van der Waals surface area contributed by atoms with Crippen molar-refractivity contribution in [3.8, 4) is 0 Å². The average molecular weight is 551 g/mol. The van der Waals surface area contributed by atoms with E-state index < -0.39 is 0 Å². The molecule has 0 aliphatic heterocycles. The van der Waals surface area contributed by atoms with Crippen molar-refractivity contribution in [3.05, 3.63) is 11.6 Å². The zero-order chi connectivity index (χ0) is 27.0. The van der Waals surface area contributed by atoms with Crippen LogP contribution in [0.4, 0.5) is 0 Å². The van der Waals surface area contributed by atoms with Crippen LogP contribution >= 0.6 is 12.4 Å². The Hall–Kier alpha value is -0.740. The topological polar surface area (TPSA) is 44.6 Å². The minimum Gasteiger partial charge on any atom is -0.597 e. The molecule has 220 valence electrons. The molecule has 4 aliphatic carbocycles. The highest BCUT2D eigenvalue weighted by molar-refractivity contribution is 5.85. The summed E-state index contributed by atoms with van der Waals surface area (Å²) in [5, 5.41) is 12.4. The smallest absolute Gasteiger partial charge is 0.145 e. The normalized spacial score (nSPS) is 38.0. The molecule has 0 radical (unpaired) electrons. The summed E-state index contributed by atoms with van der Waals surface area (Å²) in [5.74, 6) is 5.18. The predicted molar refractivity (Wildman–Crippen MR) is 160 cm³/mol. The molecule has 0 aromatic heterocycles. The second kappa shape index (κ2) is 12.4. The summed E-state index contributed by atoms with van der Waals surface area (Å²) in [6.07, 6.45) is 16.5. The maximum Gasteiger partial charge on any atom is 0.145 e. The van der Waals surface area contributed by atoms with Crippen LogP contribution in [0.2, 0.25) is 0 Å². The third-order valence-corrected chi connectivity index (χ3v) is 11.5. The Labute approximate surface area is 241 Å². The first-order valence-electron chi connectivity index (χ1n) is 15.7. The Morgan fingerprint density at radius 3 is 2.47 bits per heavy atom. The molecule has 38 heavy (non-hydrogen) atoms. The first-order valence-corrected chi connectivity index (χ1v) is 15.7. The lowest BCUT2D eigenvalue weighted by atomic mass is 9.47. The molecule has 4 aliphatic rings. The van der Waals surface area contributed by atoms with E-state index in [0.717, 1.165) is 65.8 Å². The standard InChI is InChI=1S/C33H58N2O2.ClH/c1-23(2)10-9-11-24(3)28-14-15-29-27-13-12-25-22-26(37-31(36)34-20-21-35(6,7)8)16-18-32(25,4)30(27)17-19-33(28,29)5;/h12,23-24,26-30H,9-11,13-22H2,1-8H3;1H/t24-,26?,27+,28-,29+,30+,32+,33-;/m1./s1. The zero-order valence-corrected chi connectivity index (χ0v) is 26.7. The molecule has 0 bridgehead atoms. The number of halogens is 1. The van der Waals surface area contributed by atoms with Gasteiger partial charge in [0, 0.05) is 6.10 Å². The van der Waals surface area contributed by atoms with Crippen molar-refractivity contribution in [2.75, 3.05) is 34.2 Å². The molecule has 0 amide bonds. The van der Waals surface area contributed by atoms with Crippen LogP contribution in [-0.4, -0.2) is 50.9 Å². The van der Waals surface area contributed by atoms with Crippen LogP contribution in [0.3, 0.4) is 0 Å². The minimum atomic E-state index is -0.357. The van der Waals surface area contributed by atoms with E-state index >= 15 is 0 Å². The van der Waals surface area contributed by atoms with Crippen LogP contribution in [0.1, 0.15) is 105 Å². The van der Waals surface area contributed by atoms with Crippen molar-refractivity contribution in [2.45, 2.75) is 111 Å². The van der Waals surface area contributed by atoms with Crippen molar-refractivity contribution in [2.24, 2.45) is 51.3 Å². The summed E-state index contributed by atoms with van der Waals surface area (Å²) in [6, 6.07) is 0. The van der Waals surface area contributed by atoms with Crippen LogP contribution in [0.25, 0.3) is 0 Å². The van der Waals surface area contributed by atoms with Crippen LogP contribution in [-0.2, 0) is 4.74 Å². The molecule has 0 N–H and O–H groups in total. The van der Waals surface area contributed by atoms with Gasteiger partial charge in [-0.05, 0) is 97.7 Å². The first-order chi connectivity index (χ1) is 17.3. The molecular weight excluding hydrogens is 492 g/mol. The van der Waals surface area contributed by atoms with E-state index in [1.807, 2.05) is 0 Å². The van der Waals surface area contributed by atoms with E-state index in [9.17, 15) is 5.11 Å². The monoisotopic (exact) mass is 550 g/mol. The molecule has 3 saturated carbocycles. The number of likely N-dealkylation sites (N-methyl/N-ethyl adjacent to an activating group) is 1. The Balaban J connectivity index is 0.00000400. The molecule has 0 aromatic carbocycles. The highest BCUT2D eigenvalue weighted by Crippen LogP contribution is 2.67. The van der Waals surface area contributed by atoms with Gasteiger partial charge in [-0.25, -0.2) is 0 Å². The van der Waals surface area contributed by atoms with Gasteiger partial charge in [0.2, 0.25) is 0 Å². The van der Waals surface area contributed by atoms with Crippen LogP contribution < -0.4 is 5.11 Å². The number of rotatable bonds is 9. The highest BCUT2D eigenvalue weighted by atomic mass is 35.5. The van der Waals surface area contributed by atoms with E-state index in [-0.39, 0.29) is 24.6 Å². The quantitative estimate of drug-likeness (QED) is 0.131. The lowest BCUT2D eigenvalue weighted by Gasteiger charge is -2.59. The number of ether oxygens (including phenoxy) is 1. The number of allylic oxidation sites excluding steroid dienone is 1. The molecule has 8 atom stereocenters. The number of fused-ring (bicyclic) bond motifs is 5. The van der Waals surface area contributed by atoms with Gasteiger partial charge in [-0.15, -0.1) is 12.4 Å². The Morgan fingerprint density at radius 2 is 1.79 bits per heavy atom. The largest absolute Gasteiger partial charge is 0.597 e. The maximum atomic E-state index is 12.4. The Kier molecular flexibility index (Phi) is 10.4. The molecule has 4 nitrogen and oxygen atoms in total.